The van der Waals surface area contributed by atoms with Crippen LogP contribution in [0.25, 0.3) is 0 Å². The van der Waals surface area contributed by atoms with Gasteiger partial charge in [0.2, 0.25) is 11.8 Å². The standard InChI is InChI=1S/C30H45N7O9S3/c38-28(35-49(43,44)37-13-17-46-18-14-37)24(19-22-7-3-1-4-8-22)32-30(40)27(25-20-47-21-31-25)33-29(39)26(23-9-5-2-6-10-23)34-48(41,42)36-11-15-45-16-12-36/h2,5-6,9-10,20-22,24,26-28,34-35,38H,1,3-4,7-8,11-19H2,(H,32,40)(H,33,39). The van der Waals surface area contributed by atoms with Gasteiger partial charge in [0.1, 0.15) is 12.3 Å². The highest BCUT2D eigenvalue weighted by Crippen LogP contribution is 2.28. The molecule has 19 heteroatoms. The van der Waals surface area contributed by atoms with E-state index in [1.165, 1.54) is 25.5 Å². The number of thiazole rings is 1. The van der Waals surface area contributed by atoms with Crippen LogP contribution in [0, 0.1) is 5.92 Å². The molecule has 3 aliphatic rings. The number of aliphatic hydroxyl groups is 1. The van der Waals surface area contributed by atoms with E-state index in [1.54, 1.807) is 35.7 Å². The molecule has 3 heterocycles. The van der Waals surface area contributed by atoms with Crippen LogP contribution in [-0.4, -0.2) is 112 Å². The molecule has 5 N–H and O–H groups in total. The second kappa shape index (κ2) is 17.6. The third kappa shape index (κ3) is 10.5. The van der Waals surface area contributed by atoms with E-state index in [2.05, 4.69) is 25.1 Å². The number of rotatable bonds is 15. The highest BCUT2D eigenvalue weighted by Gasteiger charge is 2.37. The Hall–Kier alpha value is -2.59. The van der Waals surface area contributed by atoms with Gasteiger partial charge in [-0.15, -0.1) is 11.3 Å². The number of nitrogens with one attached hydrogen (secondary N) is 4. The van der Waals surface area contributed by atoms with Crippen molar-refractivity contribution in [1.82, 2.24) is 33.7 Å². The van der Waals surface area contributed by atoms with Gasteiger partial charge in [-0.25, -0.2) is 4.98 Å². The van der Waals surface area contributed by atoms with E-state index in [-0.39, 0.29) is 64.2 Å². The molecule has 5 rings (SSSR count). The quantitative estimate of drug-likeness (QED) is 0.156. The minimum Gasteiger partial charge on any atom is -0.379 e. The number of aliphatic hydroxyl groups excluding tert-OH is 1. The first kappa shape index (κ1) is 37.7. The Morgan fingerprint density at radius 3 is 1.98 bits per heavy atom. The molecule has 0 bridgehead atoms. The molecule has 2 amide bonds. The number of morpholine rings is 2. The second-order valence-electron chi connectivity index (χ2n) is 12.3. The minimum absolute atomic E-state index is 0.113. The van der Waals surface area contributed by atoms with Crippen molar-refractivity contribution in [3.63, 3.8) is 0 Å². The van der Waals surface area contributed by atoms with Crippen molar-refractivity contribution in [3.05, 3.63) is 52.5 Å². The number of aromatic nitrogens is 1. The molecule has 1 aromatic heterocycles. The molecular formula is C30H45N7O9S3. The Kier molecular flexibility index (Phi) is 13.5. The van der Waals surface area contributed by atoms with Crippen LogP contribution in [0.15, 0.2) is 41.2 Å². The van der Waals surface area contributed by atoms with E-state index < -0.39 is 56.6 Å². The summed E-state index contributed by atoms with van der Waals surface area (Å²) in [7, 11) is -8.25. The summed E-state index contributed by atoms with van der Waals surface area (Å²) in [6.07, 6.45) is 3.40. The Bertz CT molecular complexity index is 1560. The van der Waals surface area contributed by atoms with Crippen LogP contribution in [0.2, 0.25) is 0 Å². The van der Waals surface area contributed by atoms with E-state index in [0.717, 1.165) is 32.1 Å². The van der Waals surface area contributed by atoms with Crippen molar-refractivity contribution in [2.24, 2.45) is 5.92 Å². The molecule has 0 spiro atoms. The van der Waals surface area contributed by atoms with Crippen LogP contribution in [0.5, 0.6) is 0 Å². The number of carbonyl (C=O) groups is 2. The van der Waals surface area contributed by atoms with Crippen LogP contribution < -0.4 is 20.1 Å². The first-order chi connectivity index (χ1) is 23.5. The lowest BCUT2D eigenvalue weighted by atomic mass is 9.84. The molecule has 4 atom stereocenters. The fourth-order valence-electron chi connectivity index (χ4n) is 6.20. The summed E-state index contributed by atoms with van der Waals surface area (Å²) < 4.78 is 70.7. The zero-order chi connectivity index (χ0) is 34.9. The maximum atomic E-state index is 14.1. The molecule has 49 heavy (non-hydrogen) atoms. The SMILES string of the molecule is O=C(NC(C(=O)NC(CC1CCCCC1)C(O)NS(=O)(=O)N1CCOCC1)c1cscn1)C(NS(=O)(=O)N1CCOCC1)c1ccccc1. The van der Waals surface area contributed by atoms with Crippen molar-refractivity contribution >= 4 is 43.6 Å². The summed E-state index contributed by atoms with van der Waals surface area (Å²) in [6, 6.07) is 4.40. The van der Waals surface area contributed by atoms with Crippen molar-refractivity contribution < 1.29 is 41.0 Å². The largest absolute Gasteiger partial charge is 0.379 e. The summed E-state index contributed by atoms with van der Waals surface area (Å²) in [5, 5.41) is 18.3. The van der Waals surface area contributed by atoms with Crippen molar-refractivity contribution in [2.75, 3.05) is 52.6 Å². The van der Waals surface area contributed by atoms with Crippen LogP contribution in [0.4, 0.5) is 0 Å². The molecule has 0 radical (unpaired) electrons. The third-order valence-electron chi connectivity index (χ3n) is 8.87. The lowest BCUT2D eigenvalue weighted by Crippen LogP contribution is -2.58. The zero-order valence-corrected chi connectivity index (χ0v) is 29.6. The Labute approximate surface area is 291 Å². The summed E-state index contributed by atoms with van der Waals surface area (Å²) in [5.74, 6) is -1.42. The van der Waals surface area contributed by atoms with E-state index in [1.807, 2.05) is 0 Å². The molecule has 4 unspecified atom stereocenters. The van der Waals surface area contributed by atoms with Gasteiger partial charge in [-0.05, 0) is 17.9 Å². The predicted molar refractivity (Wildman–Crippen MR) is 180 cm³/mol. The number of hydrogen-bond acceptors (Lipinski definition) is 11. The highest BCUT2D eigenvalue weighted by molar-refractivity contribution is 7.87. The van der Waals surface area contributed by atoms with Gasteiger partial charge in [0, 0.05) is 31.6 Å². The molecule has 2 saturated heterocycles. The van der Waals surface area contributed by atoms with E-state index >= 15 is 0 Å². The van der Waals surface area contributed by atoms with Gasteiger partial charge >= 0.3 is 0 Å². The summed E-state index contributed by atoms with van der Waals surface area (Å²) >= 11 is 1.19. The molecule has 1 aromatic carbocycles. The van der Waals surface area contributed by atoms with Gasteiger partial charge in [0.15, 0.2) is 6.04 Å². The molecule has 3 fully saturated rings. The van der Waals surface area contributed by atoms with Gasteiger partial charge < -0.3 is 25.2 Å². The second-order valence-corrected chi connectivity index (χ2v) is 16.4. The normalized spacial score (nSPS) is 21.3. The fourth-order valence-corrected chi connectivity index (χ4v) is 9.35. The maximum absolute atomic E-state index is 14.1. The lowest BCUT2D eigenvalue weighted by molar-refractivity contribution is -0.131. The number of nitrogens with zero attached hydrogens (tertiary/aromatic N) is 3. The Morgan fingerprint density at radius 1 is 0.837 bits per heavy atom. The number of benzene rings is 1. The van der Waals surface area contributed by atoms with Crippen LogP contribution in [-0.2, 0) is 39.5 Å². The topological polar surface area (TPSA) is 209 Å². The first-order valence-corrected chi connectivity index (χ1v) is 20.3. The monoisotopic (exact) mass is 743 g/mol. The summed E-state index contributed by atoms with van der Waals surface area (Å²) in [4.78, 5) is 32.3. The smallest absolute Gasteiger partial charge is 0.281 e. The minimum atomic E-state index is -4.14. The summed E-state index contributed by atoms with van der Waals surface area (Å²) in [6.45, 7) is 1.35. The van der Waals surface area contributed by atoms with Crippen LogP contribution in [0.1, 0.15) is 61.9 Å². The molecular weight excluding hydrogens is 699 g/mol. The van der Waals surface area contributed by atoms with Gasteiger partial charge in [-0.1, -0.05) is 62.4 Å². The van der Waals surface area contributed by atoms with Crippen molar-refractivity contribution in [2.45, 2.75) is 62.9 Å². The van der Waals surface area contributed by atoms with Crippen molar-refractivity contribution in [3.8, 4) is 0 Å². The van der Waals surface area contributed by atoms with E-state index in [9.17, 15) is 31.5 Å². The molecule has 272 valence electrons. The van der Waals surface area contributed by atoms with E-state index in [0.29, 0.717) is 12.0 Å². The van der Waals surface area contributed by atoms with Gasteiger partial charge in [0.05, 0.1) is 43.7 Å². The Morgan fingerprint density at radius 2 is 1.41 bits per heavy atom. The van der Waals surface area contributed by atoms with E-state index in [4.69, 9.17) is 9.47 Å². The van der Waals surface area contributed by atoms with Gasteiger partial charge in [-0.3, -0.25) is 9.59 Å². The number of hydrogen-bond donors (Lipinski definition) is 5. The molecule has 16 nitrogen and oxygen atoms in total. The number of ether oxygens (including phenoxy) is 2. The third-order valence-corrected chi connectivity index (χ3v) is 12.6. The highest BCUT2D eigenvalue weighted by atomic mass is 32.2. The van der Waals surface area contributed by atoms with Gasteiger partial charge in [-0.2, -0.15) is 34.9 Å². The molecule has 2 aliphatic heterocycles. The average Bonchev–Trinajstić information content (AvgIpc) is 3.65. The van der Waals surface area contributed by atoms with Crippen LogP contribution >= 0.6 is 11.3 Å². The molecule has 1 saturated carbocycles. The molecule has 2 aromatic rings. The number of amides is 2. The summed E-state index contributed by atoms with van der Waals surface area (Å²) in [5.41, 5.74) is 2.03. The molecule has 1 aliphatic carbocycles. The average molecular weight is 744 g/mol. The lowest BCUT2D eigenvalue weighted by Gasteiger charge is -2.33. The number of carbonyl (C=O) groups excluding carboxylic acids is 2. The van der Waals surface area contributed by atoms with Gasteiger partial charge in [0.25, 0.3) is 20.4 Å². The predicted octanol–water partition coefficient (Wildman–Crippen LogP) is 0.149. The maximum Gasteiger partial charge on any atom is 0.281 e. The van der Waals surface area contributed by atoms with Crippen LogP contribution in [0.3, 0.4) is 0 Å². The van der Waals surface area contributed by atoms with Crippen molar-refractivity contribution in [1.29, 1.82) is 0 Å². The first-order valence-electron chi connectivity index (χ1n) is 16.5. The fraction of sp³-hybridized carbons (Fsp3) is 0.633. The zero-order valence-electron chi connectivity index (χ0n) is 27.1. The Balaban J connectivity index is 1.37.